The average molecular weight is 346 g/mol. The lowest BCUT2D eigenvalue weighted by molar-refractivity contribution is -0.140. The molecule has 2 aliphatic rings. The first-order chi connectivity index (χ1) is 10.3. The lowest BCUT2D eigenvalue weighted by atomic mass is 10.0. The van der Waals surface area contributed by atoms with Gasteiger partial charge in [-0.05, 0) is 36.8 Å². The zero-order chi connectivity index (χ0) is 16.1. The van der Waals surface area contributed by atoms with Crippen LogP contribution in [0.2, 0.25) is 5.02 Å². The summed E-state index contributed by atoms with van der Waals surface area (Å²) < 4.78 is 31.8. The van der Waals surface area contributed by atoms with Gasteiger partial charge in [-0.1, -0.05) is 11.6 Å². The molecule has 1 aromatic carbocycles. The van der Waals surface area contributed by atoms with Crippen LogP contribution >= 0.6 is 11.6 Å². The second kappa shape index (κ2) is 5.11. The van der Waals surface area contributed by atoms with E-state index in [1.54, 1.807) is 0 Å². The second-order valence-electron chi connectivity index (χ2n) is 5.90. The SMILES string of the molecule is COc1cc(S(=O)(=O)N2CC3(CC3)C[C@H]2C(=O)O)ccc1Cl. The molecule has 1 spiro atoms. The summed E-state index contributed by atoms with van der Waals surface area (Å²) in [5.74, 6) is -0.858. The van der Waals surface area contributed by atoms with E-state index < -0.39 is 22.0 Å². The van der Waals surface area contributed by atoms with Crippen LogP contribution in [0.25, 0.3) is 0 Å². The van der Waals surface area contributed by atoms with E-state index in [4.69, 9.17) is 16.3 Å². The minimum absolute atomic E-state index is 0.00213. The van der Waals surface area contributed by atoms with E-state index >= 15 is 0 Å². The quantitative estimate of drug-likeness (QED) is 0.902. The van der Waals surface area contributed by atoms with Crippen molar-refractivity contribution in [2.45, 2.75) is 30.2 Å². The second-order valence-corrected chi connectivity index (χ2v) is 8.20. The highest BCUT2D eigenvalue weighted by Crippen LogP contribution is 2.55. The molecule has 1 atom stereocenters. The minimum atomic E-state index is -3.90. The van der Waals surface area contributed by atoms with Crippen LogP contribution in [0.1, 0.15) is 19.3 Å². The van der Waals surface area contributed by atoms with Gasteiger partial charge >= 0.3 is 5.97 Å². The summed E-state index contributed by atoms with van der Waals surface area (Å²) in [4.78, 5) is 11.4. The van der Waals surface area contributed by atoms with E-state index in [0.717, 1.165) is 17.1 Å². The van der Waals surface area contributed by atoms with Gasteiger partial charge in [0.05, 0.1) is 17.0 Å². The average Bonchev–Trinajstić information content (AvgIpc) is 3.09. The number of carbonyl (C=O) groups is 1. The number of hydrogen-bond donors (Lipinski definition) is 1. The van der Waals surface area contributed by atoms with Gasteiger partial charge in [0.25, 0.3) is 0 Å². The summed E-state index contributed by atoms with van der Waals surface area (Å²) in [6.07, 6.45) is 2.14. The number of carboxylic acids is 1. The Kier molecular flexibility index (Phi) is 3.62. The number of benzene rings is 1. The zero-order valence-corrected chi connectivity index (χ0v) is 13.5. The Bertz CT molecular complexity index is 729. The Morgan fingerprint density at radius 1 is 1.45 bits per heavy atom. The molecule has 6 nitrogen and oxygen atoms in total. The molecule has 0 bridgehead atoms. The maximum atomic E-state index is 12.8. The van der Waals surface area contributed by atoms with E-state index in [-0.39, 0.29) is 22.6 Å². The zero-order valence-electron chi connectivity index (χ0n) is 12.0. The van der Waals surface area contributed by atoms with E-state index in [1.807, 2.05) is 0 Å². The van der Waals surface area contributed by atoms with Crippen molar-refractivity contribution in [1.82, 2.24) is 4.31 Å². The van der Waals surface area contributed by atoms with Crippen LogP contribution in [0, 0.1) is 5.41 Å². The maximum absolute atomic E-state index is 12.8. The molecule has 0 aromatic heterocycles. The Hall–Kier alpha value is -1.31. The van der Waals surface area contributed by atoms with Gasteiger partial charge in [0.2, 0.25) is 10.0 Å². The summed E-state index contributed by atoms with van der Waals surface area (Å²) in [7, 11) is -2.50. The van der Waals surface area contributed by atoms with E-state index in [1.165, 1.54) is 25.3 Å². The molecule has 1 saturated heterocycles. The van der Waals surface area contributed by atoms with Gasteiger partial charge in [0.15, 0.2) is 0 Å². The number of carboxylic acid groups (broad SMARTS) is 1. The van der Waals surface area contributed by atoms with Crippen molar-refractivity contribution in [2.75, 3.05) is 13.7 Å². The highest BCUT2D eigenvalue weighted by molar-refractivity contribution is 7.89. The molecule has 1 saturated carbocycles. The molecular weight excluding hydrogens is 330 g/mol. The van der Waals surface area contributed by atoms with Crippen LogP contribution in [0.15, 0.2) is 23.1 Å². The smallest absolute Gasteiger partial charge is 0.322 e. The summed E-state index contributed by atoms with van der Waals surface area (Å²) in [6.45, 7) is 0.261. The Morgan fingerprint density at radius 3 is 2.68 bits per heavy atom. The number of rotatable bonds is 4. The number of methoxy groups -OCH3 is 1. The predicted octanol–water partition coefficient (Wildman–Crippen LogP) is 1.98. The van der Waals surface area contributed by atoms with Crippen LogP contribution in [0.5, 0.6) is 5.75 Å². The molecular formula is C14H16ClNO5S. The highest BCUT2D eigenvalue weighted by atomic mass is 35.5. The molecule has 0 unspecified atom stereocenters. The molecule has 0 amide bonds. The van der Waals surface area contributed by atoms with Crippen molar-refractivity contribution in [3.63, 3.8) is 0 Å². The summed E-state index contributed by atoms with van der Waals surface area (Å²) in [5.41, 5.74) is -0.146. The molecule has 1 N–H and O–H groups in total. The van der Waals surface area contributed by atoms with E-state index in [0.29, 0.717) is 11.4 Å². The van der Waals surface area contributed by atoms with Crippen LogP contribution in [0.4, 0.5) is 0 Å². The Labute approximate surface area is 133 Å². The molecule has 3 rings (SSSR count). The molecule has 1 aromatic rings. The molecule has 120 valence electrons. The number of nitrogens with zero attached hydrogens (tertiary/aromatic N) is 1. The number of halogens is 1. The largest absolute Gasteiger partial charge is 0.495 e. The molecule has 1 aliphatic heterocycles. The monoisotopic (exact) mass is 345 g/mol. The number of aliphatic carboxylic acids is 1. The third-order valence-electron chi connectivity index (χ3n) is 4.44. The molecule has 2 fully saturated rings. The molecule has 8 heteroatoms. The van der Waals surface area contributed by atoms with Gasteiger partial charge in [-0.15, -0.1) is 0 Å². The lowest BCUT2D eigenvalue weighted by Gasteiger charge is -2.21. The van der Waals surface area contributed by atoms with Crippen molar-refractivity contribution in [2.24, 2.45) is 5.41 Å². The number of ether oxygens (including phenoxy) is 1. The Balaban J connectivity index is 2.00. The first-order valence-corrected chi connectivity index (χ1v) is 8.69. The first-order valence-electron chi connectivity index (χ1n) is 6.87. The maximum Gasteiger partial charge on any atom is 0.322 e. The molecule has 1 aliphatic carbocycles. The standard InChI is InChI=1S/C14H16ClNO5S/c1-21-12-6-9(2-3-10(12)15)22(19,20)16-8-14(4-5-14)7-11(16)13(17)18/h2-3,6,11H,4-5,7-8H2,1H3,(H,17,18)/t11-/m0/s1. The van der Waals surface area contributed by atoms with Gasteiger partial charge in [-0.25, -0.2) is 8.42 Å². The number of hydrogen-bond acceptors (Lipinski definition) is 4. The highest BCUT2D eigenvalue weighted by Gasteiger charge is 2.57. The topological polar surface area (TPSA) is 83.9 Å². The van der Waals surface area contributed by atoms with Crippen molar-refractivity contribution >= 4 is 27.6 Å². The molecule has 0 radical (unpaired) electrons. The summed E-state index contributed by atoms with van der Waals surface area (Å²) in [5, 5.41) is 9.65. The molecule has 22 heavy (non-hydrogen) atoms. The fraction of sp³-hybridized carbons (Fsp3) is 0.500. The normalized spacial score (nSPS) is 23.6. The van der Waals surface area contributed by atoms with Gasteiger partial charge in [-0.2, -0.15) is 4.31 Å². The Morgan fingerprint density at radius 2 is 2.14 bits per heavy atom. The van der Waals surface area contributed by atoms with Crippen molar-refractivity contribution in [3.8, 4) is 5.75 Å². The summed E-state index contributed by atoms with van der Waals surface area (Å²) in [6, 6.07) is 3.13. The lowest BCUT2D eigenvalue weighted by Crippen LogP contribution is -2.40. The fourth-order valence-electron chi connectivity index (χ4n) is 2.96. The number of sulfonamides is 1. The van der Waals surface area contributed by atoms with Crippen LogP contribution in [-0.4, -0.2) is 43.5 Å². The third-order valence-corrected chi connectivity index (χ3v) is 6.60. The van der Waals surface area contributed by atoms with Crippen molar-refractivity contribution < 1.29 is 23.1 Å². The van der Waals surface area contributed by atoms with Crippen molar-refractivity contribution in [3.05, 3.63) is 23.2 Å². The third kappa shape index (κ3) is 2.47. The van der Waals surface area contributed by atoms with Crippen LogP contribution < -0.4 is 4.74 Å². The van der Waals surface area contributed by atoms with Crippen LogP contribution in [0.3, 0.4) is 0 Å². The summed E-state index contributed by atoms with van der Waals surface area (Å²) >= 11 is 5.91. The van der Waals surface area contributed by atoms with Crippen LogP contribution in [-0.2, 0) is 14.8 Å². The van der Waals surface area contributed by atoms with Crippen molar-refractivity contribution in [1.29, 1.82) is 0 Å². The fourth-order valence-corrected chi connectivity index (χ4v) is 4.86. The molecule has 1 heterocycles. The van der Waals surface area contributed by atoms with E-state index in [2.05, 4.69) is 0 Å². The van der Waals surface area contributed by atoms with Gasteiger partial charge in [0, 0.05) is 12.6 Å². The minimum Gasteiger partial charge on any atom is -0.495 e. The van der Waals surface area contributed by atoms with E-state index in [9.17, 15) is 18.3 Å². The van der Waals surface area contributed by atoms with Gasteiger partial charge in [-0.3, -0.25) is 4.79 Å². The first kappa shape index (κ1) is 15.6. The van der Waals surface area contributed by atoms with Gasteiger partial charge in [0.1, 0.15) is 11.8 Å². The van der Waals surface area contributed by atoms with Gasteiger partial charge < -0.3 is 9.84 Å². The predicted molar refractivity (Wildman–Crippen MR) is 79.6 cm³/mol.